The maximum atomic E-state index is 12.8. The molecule has 0 aromatic heterocycles. The highest BCUT2D eigenvalue weighted by molar-refractivity contribution is 9.10. The first-order chi connectivity index (χ1) is 10.4. The number of aryl methyl sites for hydroxylation is 1. The third-order valence-corrected chi connectivity index (χ3v) is 6.91. The van der Waals surface area contributed by atoms with Crippen molar-refractivity contribution in [2.75, 3.05) is 0 Å². The number of carbonyl (C=O) groups excluding carboxylic acids is 1. The van der Waals surface area contributed by atoms with Gasteiger partial charge in [-0.3, -0.25) is 0 Å². The summed E-state index contributed by atoms with van der Waals surface area (Å²) in [7, 11) is -3.49. The molecule has 0 saturated heterocycles. The fourth-order valence-electron chi connectivity index (χ4n) is 2.85. The fourth-order valence-corrected chi connectivity index (χ4v) is 5.22. The number of hydrogen-bond acceptors (Lipinski definition) is 3. The third kappa shape index (κ3) is 2.63. The Hall–Kier alpha value is -1.46. The van der Waals surface area contributed by atoms with E-state index in [1.165, 1.54) is 0 Å². The van der Waals surface area contributed by atoms with E-state index in [-0.39, 0.29) is 10.8 Å². The smallest absolute Gasteiger partial charge is 0.182 e. The second kappa shape index (κ2) is 5.63. The average molecular weight is 379 g/mol. The molecule has 3 rings (SSSR count). The lowest BCUT2D eigenvalue weighted by Gasteiger charge is -2.05. The third-order valence-electron chi connectivity index (χ3n) is 4.13. The van der Waals surface area contributed by atoms with Crippen molar-refractivity contribution in [2.24, 2.45) is 5.92 Å². The van der Waals surface area contributed by atoms with Crippen LogP contribution in [0.15, 0.2) is 57.9 Å². The van der Waals surface area contributed by atoms with Crippen LogP contribution in [0.25, 0.3) is 0 Å². The molecule has 3 nitrogen and oxygen atoms in total. The van der Waals surface area contributed by atoms with Crippen molar-refractivity contribution in [3.63, 3.8) is 0 Å². The molecular weight excluding hydrogens is 364 g/mol. The fraction of sp³-hybridized carbons (Fsp3) is 0.235. The summed E-state index contributed by atoms with van der Waals surface area (Å²) >= 11 is 3.36. The van der Waals surface area contributed by atoms with Crippen LogP contribution in [0.4, 0.5) is 0 Å². The van der Waals surface area contributed by atoms with Crippen LogP contribution in [0, 0.1) is 12.8 Å². The quantitative estimate of drug-likeness (QED) is 0.764. The van der Waals surface area contributed by atoms with E-state index in [1.807, 2.05) is 31.2 Å². The minimum absolute atomic E-state index is 0.253. The Labute approximate surface area is 138 Å². The summed E-state index contributed by atoms with van der Waals surface area (Å²) in [5, 5.41) is -0.658. The van der Waals surface area contributed by atoms with E-state index in [0.29, 0.717) is 0 Å². The van der Waals surface area contributed by atoms with Crippen molar-refractivity contribution in [3.8, 4) is 0 Å². The van der Waals surface area contributed by atoms with E-state index in [9.17, 15) is 13.2 Å². The van der Waals surface area contributed by atoms with Crippen molar-refractivity contribution < 1.29 is 13.2 Å². The molecule has 2 aromatic rings. The molecule has 3 atom stereocenters. The molecule has 0 spiro atoms. The van der Waals surface area contributed by atoms with Gasteiger partial charge in [-0.15, -0.1) is 0 Å². The van der Waals surface area contributed by atoms with Crippen LogP contribution in [-0.4, -0.2) is 20.0 Å². The zero-order chi connectivity index (χ0) is 15.9. The van der Waals surface area contributed by atoms with Crippen molar-refractivity contribution >= 4 is 32.1 Å². The molecule has 2 aromatic carbocycles. The second-order valence-corrected chi connectivity index (χ2v) is 8.63. The lowest BCUT2D eigenvalue weighted by atomic mass is 10.1. The number of carbonyl (C=O) groups is 1. The lowest BCUT2D eigenvalue weighted by Crippen LogP contribution is -2.11. The Morgan fingerprint density at radius 1 is 1.00 bits per heavy atom. The molecule has 5 heteroatoms. The largest absolute Gasteiger partial charge is 0.303 e. The first kappa shape index (κ1) is 15.4. The van der Waals surface area contributed by atoms with Gasteiger partial charge in [0.1, 0.15) is 6.29 Å². The Bertz CT molecular complexity index is 795. The van der Waals surface area contributed by atoms with Gasteiger partial charge in [0.2, 0.25) is 0 Å². The molecule has 0 heterocycles. The van der Waals surface area contributed by atoms with E-state index < -0.39 is 21.0 Å². The van der Waals surface area contributed by atoms with E-state index in [4.69, 9.17) is 0 Å². The predicted octanol–water partition coefficient (Wildman–Crippen LogP) is 3.51. The van der Waals surface area contributed by atoms with Gasteiger partial charge in [0.15, 0.2) is 9.84 Å². The van der Waals surface area contributed by atoms with Gasteiger partial charge < -0.3 is 4.79 Å². The minimum Gasteiger partial charge on any atom is -0.303 e. The summed E-state index contributed by atoms with van der Waals surface area (Å²) in [5.41, 5.74) is 1.90. The van der Waals surface area contributed by atoms with Crippen LogP contribution < -0.4 is 0 Å². The van der Waals surface area contributed by atoms with Crippen LogP contribution in [0.2, 0.25) is 0 Å². The number of hydrogen-bond donors (Lipinski definition) is 0. The van der Waals surface area contributed by atoms with E-state index in [0.717, 1.165) is 21.9 Å². The monoisotopic (exact) mass is 378 g/mol. The van der Waals surface area contributed by atoms with Crippen molar-refractivity contribution in [2.45, 2.75) is 23.0 Å². The molecule has 1 saturated carbocycles. The highest BCUT2D eigenvalue weighted by Crippen LogP contribution is 2.52. The van der Waals surface area contributed by atoms with Crippen LogP contribution in [0.1, 0.15) is 17.0 Å². The van der Waals surface area contributed by atoms with Crippen LogP contribution in [0.5, 0.6) is 0 Å². The van der Waals surface area contributed by atoms with Crippen LogP contribution in [0.3, 0.4) is 0 Å². The highest BCUT2D eigenvalue weighted by atomic mass is 79.9. The maximum Gasteiger partial charge on any atom is 0.182 e. The normalized spacial score (nSPS) is 24.0. The van der Waals surface area contributed by atoms with E-state index in [1.54, 1.807) is 24.3 Å². The summed E-state index contributed by atoms with van der Waals surface area (Å²) in [4.78, 5) is 11.6. The van der Waals surface area contributed by atoms with Crippen LogP contribution >= 0.6 is 15.9 Å². The summed E-state index contributed by atoms with van der Waals surface area (Å²) in [6.07, 6.45) is 0.767. The molecule has 1 aliphatic carbocycles. The summed E-state index contributed by atoms with van der Waals surface area (Å²) < 4.78 is 26.4. The minimum atomic E-state index is -3.49. The first-order valence-corrected chi connectivity index (χ1v) is 9.30. The number of halogens is 1. The van der Waals surface area contributed by atoms with Gasteiger partial charge in [-0.25, -0.2) is 8.42 Å². The molecule has 0 radical (unpaired) electrons. The molecule has 0 N–H and O–H groups in total. The summed E-state index contributed by atoms with van der Waals surface area (Å²) in [5.74, 6) is -0.718. The average Bonchev–Trinajstić information content (AvgIpc) is 3.24. The molecule has 0 aliphatic heterocycles. The van der Waals surface area contributed by atoms with E-state index in [2.05, 4.69) is 15.9 Å². The Balaban J connectivity index is 1.95. The van der Waals surface area contributed by atoms with Crippen molar-refractivity contribution in [3.05, 3.63) is 64.1 Å². The van der Waals surface area contributed by atoms with Gasteiger partial charge in [-0.1, -0.05) is 45.8 Å². The first-order valence-electron chi connectivity index (χ1n) is 6.96. The van der Waals surface area contributed by atoms with Gasteiger partial charge in [0, 0.05) is 16.3 Å². The van der Waals surface area contributed by atoms with Crippen LogP contribution in [-0.2, 0) is 14.6 Å². The Morgan fingerprint density at radius 3 is 2.14 bits per heavy atom. The molecular formula is C17H15BrO3S. The SMILES string of the molecule is Cc1ccc(S(=O)(=O)[C@@H]2[C@H](C=O)[C@@H]2c2ccc(Br)cc2)cc1. The molecule has 0 bridgehead atoms. The van der Waals surface area contributed by atoms with E-state index >= 15 is 0 Å². The lowest BCUT2D eigenvalue weighted by molar-refractivity contribution is -0.108. The maximum absolute atomic E-state index is 12.8. The highest BCUT2D eigenvalue weighted by Gasteiger charge is 2.58. The Kier molecular flexibility index (Phi) is 3.95. The number of aldehydes is 1. The van der Waals surface area contributed by atoms with Crippen molar-refractivity contribution in [1.82, 2.24) is 0 Å². The molecule has 1 aliphatic rings. The summed E-state index contributed by atoms with van der Waals surface area (Å²) in [6.45, 7) is 1.91. The number of sulfone groups is 1. The van der Waals surface area contributed by atoms with Gasteiger partial charge in [-0.2, -0.15) is 0 Å². The Morgan fingerprint density at radius 2 is 1.59 bits per heavy atom. The van der Waals surface area contributed by atoms with Gasteiger partial charge >= 0.3 is 0 Å². The zero-order valence-electron chi connectivity index (χ0n) is 11.9. The molecule has 114 valence electrons. The standard InChI is InChI=1S/C17H15BrO3S/c1-11-2-8-14(9-3-11)22(20,21)17-15(10-19)16(17)12-4-6-13(18)7-5-12/h2-10,15-17H,1H3/t15-,16+,17-/m1/s1. The van der Waals surface area contributed by atoms with Crippen molar-refractivity contribution in [1.29, 1.82) is 0 Å². The topological polar surface area (TPSA) is 51.2 Å². The van der Waals surface area contributed by atoms with Gasteiger partial charge in [-0.05, 0) is 36.8 Å². The number of rotatable bonds is 4. The molecule has 0 amide bonds. The number of benzene rings is 2. The second-order valence-electron chi connectivity index (χ2n) is 5.61. The zero-order valence-corrected chi connectivity index (χ0v) is 14.3. The van der Waals surface area contributed by atoms with Gasteiger partial charge in [0.25, 0.3) is 0 Å². The molecule has 1 fully saturated rings. The van der Waals surface area contributed by atoms with Gasteiger partial charge in [0.05, 0.1) is 10.1 Å². The predicted molar refractivity (Wildman–Crippen MR) is 88.6 cm³/mol. The summed E-state index contributed by atoms with van der Waals surface area (Å²) in [6, 6.07) is 14.3. The molecule has 0 unspecified atom stereocenters. The molecule has 22 heavy (non-hydrogen) atoms.